The normalized spacial score (nSPS) is 10.3. The first kappa shape index (κ1) is 13.4. The van der Waals surface area contributed by atoms with Crippen LogP contribution in [0.3, 0.4) is 0 Å². The molecule has 0 aliphatic carbocycles. The van der Waals surface area contributed by atoms with E-state index in [1.54, 1.807) is 18.2 Å². The van der Waals surface area contributed by atoms with Gasteiger partial charge < -0.3 is 4.74 Å². The average molecular weight is 295 g/mol. The summed E-state index contributed by atoms with van der Waals surface area (Å²) in [5, 5.41) is 10.5. The molecule has 1 aromatic heterocycles. The fourth-order valence-electron chi connectivity index (χ4n) is 2.08. The molecule has 3 rings (SSSR count). The van der Waals surface area contributed by atoms with Crippen molar-refractivity contribution >= 4 is 22.5 Å². The molecule has 21 heavy (non-hydrogen) atoms. The van der Waals surface area contributed by atoms with Crippen LogP contribution >= 0.6 is 11.6 Å². The number of hydrogen-bond donors (Lipinski definition) is 0. The number of benzene rings is 2. The van der Waals surface area contributed by atoms with Crippen molar-refractivity contribution in [3.63, 3.8) is 0 Å². The predicted octanol–water partition coefficient (Wildman–Crippen LogP) is 4.34. The Morgan fingerprint density at radius 3 is 2.71 bits per heavy atom. The van der Waals surface area contributed by atoms with Crippen molar-refractivity contribution in [3.8, 4) is 11.8 Å². The van der Waals surface area contributed by atoms with E-state index in [4.69, 9.17) is 21.6 Å². The zero-order chi connectivity index (χ0) is 14.7. The number of ether oxygens (including phenoxy) is 1. The third kappa shape index (κ3) is 2.81. The second-order valence-electron chi connectivity index (χ2n) is 4.53. The van der Waals surface area contributed by atoms with E-state index >= 15 is 0 Å². The largest absolute Gasteiger partial charge is 0.487 e. The van der Waals surface area contributed by atoms with E-state index in [1.807, 2.05) is 36.4 Å². The molecule has 0 saturated heterocycles. The third-order valence-corrected chi connectivity index (χ3v) is 3.47. The molecule has 0 aliphatic heterocycles. The predicted molar refractivity (Wildman–Crippen MR) is 82.2 cm³/mol. The molecule has 1 heterocycles. The highest BCUT2D eigenvalue weighted by molar-refractivity contribution is 6.30. The Balaban J connectivity index is 1.88. The number of rotatable bonds is 3. The molecule has 0 amide bonds. The molecule has 0 bridgehead atoms. The lowest BCUT2D eigenvalue weighted by molar-refractivity contribution is 0.305. The zero-order valence-electron chi connectivity index (χ0n) is 11.1. The molecule has 3 aromatic rings. The topological polar surface area (TPSA) is 45.9 Å². The van der Waals surface area contributed by atoms with Crippen molar-refractivity contribution in [2.45, 2.75) is 6.61 Å². The summed E-state index contributed by atoms with van der Waals surface area (Å²) in [6.45, 7) is 0.273. The standard InChI is InChI=1S/C17H11ClN2O/c18-17-14(9-12-5-1-3-7-15(12)20-17)11-21-16-8-4-2-6-13(16)10-19/h1-9H,11H2. The van der Waals surface area contributed by atoms with E-state index in [0.717, 1.165) is 16.5 Å². The van der Waals surface area contributed by atoms with Crippen molar-refractivity contribution in [3.05, 3.63) is 70.9 Å². The summed E-state index contributed by atoms with van der Waals surface area (Å²) in [7, 11) is 0. The molecule has 0 spiro atoms. The Hall–Kier alpha value is -2.57. The van der Waals surface area contributed by atoms with Crippen LogP contribution in [0.5, 0.6) is 5.75 Å². The van der Waals surface area contributed by atoms with Gasteiger partial charge in [0.1, 0.15) is 23.6 Å². The van der Waals surface area contributed by atoms with Gasteiger partial charge in [0.2, 0.25) is 0 Å². The van der Waals surface area contributed by atoms with E-state index in [-0.39, 0.29) is 6.61 Å². The first-order valence-corrected chi connectivity index (χ1v) is 6.82. The number of fused-ring (bicyclic) bond motifs is 1. The Labute approximate surface area is 127 Å². The maximum atomic E-state index is 9.04. The number of pyridine rings is 1. The Morgan fingerprint density at radius 2 is 1.86 bits per heavy atom. The van der Waals surface area contributed by atoms with Crippen molar-refractivity contribution < 1.29 is 4.74 Å². The first-order chi connectivity index (χ1) is 10.3. The first-order valence-electron chi connectivity index (χ1n) is 6.44. The Kier molecular flexibility index (Phi) is 3.72. The van der Waals surface area contributed by atoms with Gasteiger partial charge in [0.25, 0.3) is 0 Å². The average Bonchev–Trinajstić information content (AvgIpc) is 2.53. The minimum Gasteiger partial charge on any atom is -0.487 e. The molecule has 2 aromatic carbocycles. The van der Waals surface area contributed by atoms with Crippen LogP contribution < -0.4 is 4.74 Å². The van der Waals surface area contributed by atoms with Gasteiger partial charge in [0.15, 0.2) is 0 Å². The quantitative estimate of drug-likeness (QED) is 0.675. The highest BCUT2D eigenvalue weighted by Crippen LogP contribution is 2.23. The number of hydrogen-bond acceptors (Lipinski definition) is 3. The summed E-state index contributed by atoms with van der Waals surface area (Å²) in [5.41, 5.74) is 2.15. The summed E-state index contributed by atoms with van der Waals surface area (Å²) in [6.07, 6.45) is 0. The molecule has 0 N–H and O–H groups in total. The monoisotopic (exact) mass is 294 g/mol. The molecule has 3 nitrogen and oxygen atoms in total. The van der Waals surface area contributed by atoms with Gasteiger partial charge in [0.05, 0.1) is 11.1 Å². The van der Waals surface area contributed by atoms with Crippen molar-refractivity contribution in [2.24, 2.45) is 0 Å². The lowest BCUT2D eigenvalue weighted by atomic mass is 10.1. The van der Waals surface area contributed by atoms with Crippen molar-refractivity contribution in [1.82, 2.24) is 4.98 Å². The van der Waals surface area contributed by atoms with Gasteiger partial charge in [-0.2, -0.15) is 5.26 Å². The van der Waals surface area contributed by atoms with Crippen LogP contribution in [0.15, 0.2) is 54.6 Å². The Bertz CT molecular complexity index is 840. The molecule has 0 saturated carbocycles. The van der Waals surface area contributed by atoms with Gasteiger partial charge in [-0.3, -0.25) is 0 Å². The van der Waals surface area contributed by atoms with E-state index in [9.17, 15) is 0 Å². The number of nitriles is 1. The molecule has 0 unspecified atom stereocenters. The molecule has 0 radical (unpaired) electrons. The van der Waals surface area contributed by atoms with E-state index in [2.05, 4.69) is 11.1 Å². The van der Waals surface area contributed by atoms with Crippen LogP contribution in [-0.2, 0) is 6.61 Å². The summed E-state index contributed by atoms with van der Waals surface area (Å²) in [6, 6.07) is 18.9. The Morgan fingerprint density at radius 1 is 1.10 bits per heavy atom. The van der Waals surface area contributed by atoms with Gasteiger partial charge in [0, 0.05) is 10.9 Å². The maximum absolute atomic E-state index is 9.04. The van der Waals surface area contributed by atoms with Gasteiger partial charge in [-0.15, -0.1) is 0 Å². The second-order valence-corrected chi connectivity index (χ2v) is 4.89. The highest BCUT2D eigenvalue weighted by Gasteiger charge is 2.07. The fourth-order valence-corrected chi connectivity index (χ4v) is 2.28. The molecular formula is C17H11ClN2O. The van der Waals surface area contributed by atoms with Crippen LogP contribution in [0.1, 0.15) is 11.1 Å². The van der Waals surface area contributed by atoms with Crippen LogP contribution in [0.2, 0.25) is 5.15 Å². The van der Waals surface area contributed by atoms with Gasteiger partial charge >= 0.3 is 0 Å². The molecule has 4 heteroatoms. The smallest absolute Gasteiger partial charge is 0.137 e. The van der Waals surface area contributed by atoms with E-state index < -0.39 is 0 Å². The second kappa shape index (κ2) is 5.82. The molecule has 102 valence electrons. The minimum atomic E-state index is 0.273. The summed E-state index contributed by atoms with van der Waals surface area (Å²) >= 11 is 6.19. The van der Waals surface area contributed by atoms with E-state index in [1.165, 1.54) is 0 Å². The third-order valence-electron chi connectivity index (χ3n) is 3.14. The van der Waals surface area contributed by atoms with Crippen LogP contribution in [0.25, 0.3) is 10.9 Å². The van der Waals surface area contributed by atoms with Crippen LogP contribution in [0, 0.1) is 11.3 Å². The van der Waals surface area contributed by atoms with Crippen LogP contribution in [0.4, 0.5) is 0 Å². The molecule has 0 atom stereocenters. The highest BCUT2D eigenvalue weighted by atomic mass is 35.5. The van der Waals surface area contributed by atoms with Crippen molar-refractivity contribution in [2.75, 3.05) is 0 Å². The minimum absolute atomic E-state index is 0.273. The van der Waals surface area contributed by atoms with Crippen LogP contribution in [-0.4, -0.2) is 4.98 Å². The molecule has 0 aliphatic rings. The summed E-state index contributed by atoms with van der Waals surface area (Å²) < 4.78 is 5.70. The number of nitrogens with zero attached hydrogens (tertiary/aromatic N) is 2. The lowest BCUT2D eigenvalue weighted by Gasteiger charge is -2.09. The van der Waals surface area contributed by atoms with Crippen molar-refractivity contribution in [1.29, 1.82) is 5.26 Å². The summed E-state index contributed by atoms with van der Waals surface area (Å²) in [5.74, 6) is 0.546. The SMILES string of the molecule is N#Cc1ccccc1OCc1cc2ccccc2nc1Cl. The molecule has 0 fully saturated rings. The summed E-state index contributed by atoms with van der Waals surface area (Å²) in [4.78, 5) is 4.35. The maximum Gasteiger partial charge on any atom is 0.137 e. The number of aromatic nitrogens is 1. The molecular weight excluding hydrogens is 284 g/mol. The lowest BCUT2D eigenvalue weighted by Crippen LogP contribution is -1.99. The van der Waals surface area contributed by atoms with E-state index in [0.29, 0.717) is 16.5 Å². The zero-order valence-corrected chi connectivity index (χ0v) is 11.8. The fraction of sp³-hybridized carbons (Fsp3) is 0.0588. The van der Waals surface area contributed by atoms with Gasteiger partial charge in [-0.05, 0) is 24.3 Å². The number of para-hydroxylation sites is 2. The number of halogens is 1. The van der Waals surface area contributed by atoms with Gasteiger partial charge in [-0.1, -0.05) is 41.9 Å². The van der Waals surface area contributed by atoms with Gasteiger partial charge in [-0.25, -0.2) is 4.98 Å².